The topological polar surface area (TPSA) is 64.1 Å². The third-order valence-corrected chi connectivity index (χ3v) is 4.47. The maximum atomic E-state index is 14.2. The molecule has 2 heterocycles. The van der Waals surface area contributed by atoms with Gasteiger partial charge in [0, 0.05) is 39.3 Å². The van der Waals surface area contributed by atoms with Gasteiger partial charge in [0.25, 0.3) is 0 Å². The molecule has 3 rings (SSSR count). The van der Waals surface area contributed by atoms with Crippen molar-refractivity contribution in [2.75, 3.05) is 44.2 Å². The summed E-state index contributed by atoms with van der Waals surface area (Å²) in [6.45, 7) is 3.17. The summed E-state index contributed by atoms with van der Waals surface area (Å²) in [5.74, 6) is -3.16. The number of carbonyl (C=O) groups is 2. The summed E-state index contributed by atoms with van der Waals surface area (Å²) in [5.41, 5.74) is -0.642. The molecule has 0 atom stereocenters. The Morgan fingerprint density at radius 2 is 1.42 bits per heavy atom. The first-order valence-electron chi connectivity index (χ1n) is 7.98. The molecular weight excluding hydrogens is 320 g/mol. The molecule has 24 heavy (non-hydrogen) atoms. The van der Waals surface area contributed by atoms with Gasteiger partial charge < -0.3 is 19.8 Å². The lowest BCUT2D eigenvalue weighted by Gasteiger charge is -2.35. The number of benzene rings is 1. The standard InChI is InChI=1S/C16H19F2N3O3/c17-12-9-11(15(22)23)10-13(18)14(12)19-3-1-6-21(8-7-19)16(24)20-4-2-5-20/h9-10H,1-8H2,(H,22,23). The molecule has 2 aliphatic rings. The predicted molar refractivity (Wildman–Crippen MR) is 83.3 cm³/mol. The van der Waals surface area contributed by atoms with Crippen LogP contribution in [-0.2, 0) is 0 Å². The van der Waals surface area contributed by atoms with E-state index in [2.05, 4.69) is 0 Å². The zero-order valence-corrected chi connectivity index (χ0v) is 13.2. The molecular formula is C16H19F2N3O3. The quantitative estimate of drug-likeness (QED) is 0.895. The van der Waals surface area contributed by atoms with Crippen molar-refractivity contribution in [3.8, 4) is 0 Å². The van der Waals surface area contributed by atoms with Gasteiger partial charge >= 0.3 is 12.0 Å². The van der Waals surface area contributed by atoms with Crippen molar-refractivity contribution in [3.05, 3.63) is 29.3 Å². The number of amides is 2. The van der Waals surface area contributed by atoms with Crippen LogP contribution in [0.5, 0.6) is 0 Å². The summed E-state index contributed by atoms with van der Waals surface area (Å²) in [6.07, 6.45) is 1.61. The van der Waals surface area contributed by atoms with E-state index in [1.807, 2.05) is 0 Å². The van der Waals surface area contributed by atoms with E-state index in [1.165, 1.54) is 0 Å². The van der Waals surface area contributed by atoms with E-state index in [0.29, 0.717) is 32.6 Å². The van der Waals surface area contributed by atoms with Crippen molar-refractivity contribution in [1.29, 1.82) is 0 Å². The van der Waals surface area contributed by atoms with E-state index in [4.69, 9.17) is 5.11 Å². The fourth-order valence-corrected chi connectivity index (χ4v) is 3.03. The van der Waals surface area contributed by atoms with Crippen LogP contribution in [0.2, 0.25) is 0 Å². The molecule has 0 aromatic heterocycles. The van der Waals surface area contributed by atoms with Crippen LogP contribution in [0.1, 0.15) is 23.2 Å². The minimum atomic E-state index is -1.37. The maximum absolute atomic E-state index is 14.2. The Labute approximate surface area is 138 Å². The second-order valence-corrected chi connectivity index (χ2v) is 6.04. The van der Waals surface area contributed by atoms with Crippen molar-refractivity contribution in [3.63, 3.8) is 0 Å². The van der Waals surface area contributed by atoms with Crippen molar-refractivity contribution in [2.24, 2.45) is 0 Å². The normalized spacial score (nSPS) is 18.2. The highest BCUT2D eigenvalue weighted by Gasteiger charge is 2.28. The first kappa shape index (κ1) is 16.5. The first-order valence-corrected chi connectivity index (χ1v) is 7.98. The first-order chi connectivity index (χ1) is 11.5. The van der Waals surface area contributed by atoms with Gasteiger partial charge in [-0.1, -0.05) is 0 Å². The highest BCUT2D eigenvalue weighted by Crippen LogP contribution is 2.26. The van der Waals surface area contributed by atoms with Crippen LogP contribution in [0, 0.1) is 11.6 Å². The van der Waals surface area contributed by atoms with Gasteiger partial charge in [-0.25, -0.2) is 18.4 Å². The van der Waals surface area contributed by atoms with Crippen LogP contribution in [-0.4, -0.2) is 66.2 Å². The molecule has 0 bridgehead atoms. The third kappa shape index (κ3) is 3.13. The molecule has 0 saturated carbocycles. The van der Waals surface area contributed by atoms with Crippen LogP contribution in [0.3, 0.4) is 0 Å². The van der Waals surface area contributed by atoms with E-state index in [0.717, 1.165) is 31.6 Å². The molecule has 1 N–H and O–H groups in total. The van der Waals surface area contributed by atoms with Gasteiger partial charge in [-0.15, -0.1) is 0 Å². The lowest BCUT2D eigenvalue weighted by atomic mass is 10.1. The molecule has 0 radical (unpaired) electrons. The molecule has 130 valence electrons. The number of carboxylic acids is 1. The number of likely N-dealkylation sites (tertiary alicyclic amines) is 1. The molecule has 6 nitrogen and oxygen atoms in total. The van der Waals surface area contributed by atoms with Crippen LogP contribution in [0.15, 0.2) is 12.1 Å². The number of halogens is 2. The number of hydrogen-bond donors (Lipinski definition) is 1. The van der Waals surface area contributed by atoms with Crippen molar-refractivity contribution in [1.82, 2.24) is 9.80 Å². The van der Waals surface area contributed by atoms with Crippen molar-refractivity contribution < 1.29 is 23.5 Å². The van der Waals surface area contributed by atoms with Crippen LogP contribution in [0.4, 0.5) is 19.3 Å². The third-order valence-electron chi connectivity index (χ3n) is 4.47. The number of anilines is 1. The number of hydrogen-bond acceptors (Lipinski definition) is 3. The summed E-state index contributed by atoms with van der Waals surface area (Å²) in [4.78, 5) is 28.1. The molecule has 1 aromatic carbocycles. The van der Waals surface area contributed by atoms with E-state index in [9.17, 15) is 18.4 Å². The molecule has 0 aliphatic carbocycles. The number of urea groups is 1. The zero-order chi connectivity index (χ0) is 17.3. The predicted octanol–water partition coefficient (Wildman–Crippen LogP) is 2.00. The summed E-state index contributed by atoms with van der Waals surface area (Å²) in [5, 5.41) is 8.86. The number of aromatic carboxylic acids is 1. The fraction of sp³-hybridized carbons (Fsp3) is 0.500. The summed E-state index contributed by atoms with van der Waals surface area (Å²) in [7, 11) is 0. The van der Waals surface area contributed by atoms with Crippen LogP contribution < -0.4 is 4.90 Å². The molecule has 2 fully saturated rings. The van der Waals surface area contributed by atoms with E-state index < -0.39 is 23.2 Å². The second kappa shape index (κ2) is 6.62. The van der Waals surface area contributed by atoms with Gasteiger partial charge in [-0.2, -0.15) is 0 Å². The Kier molecular flexibility index (Phi) is 4.55. The maximum Gasteiger partial charge on any atom is 0.335 e. The molecule has 0 unspecified atom stereocenters. The molecule has 8 heteroatoms. The zero-order valence-electron chi connectivity index (χ0n) is 13.2. The van der Waals surface area contributed by atoms with Gasteiger partial charge in [0.15, 0.2) is 0 Å². The van der Waals surface area contributed by atoms with E-state index in [-0.39, 0.29) is 11.7 Å². The Morgan fingerprint density at radius 3 is 1.96 bits per heavy atom. The Hall–Kier alpha value is -2.38. The summed E-state index contributed by atoms with van der Waals surface area (Å²) < 4.78 is 28.4. The second-order valence-electron chi connectivity index (χ2n) is 6.04. The van der Waals surface area contributed by atoms with Crippen molar-refractivity contribution in [2.45, 2.75) is 12.8 Å². The number of carboxylic acid groups (broad SMARTS) is 1. The number of rotatable bonds is 2. The monoisotopic (exact) mass is 339 g/mol. The van der Waals surface area contributed by atoms with Gasteiger partial charge in [0.05, 0.1) is 5.56 Å². The lowest BCUT2D eigenvalue weighted by Crippen LogP contribution is -2.50. The smallest absolute Gasteiger partial charge is 0.335 e. The lowest BCUT2D eigenvalue weighted by molar-refractivity contribution is 0.0695. The fourth-order valence-electron chi connectivity index (χ4n) is 3.03. The van der Waals surface area contributed by atoms with Gasteiger partial charge in [0.2, 0.25) is 0 Å². The molecule has 2 amide bonds. The average Bonchev–Trinajstić information content (AvgIpc) is 2.70. The highest BCUT2D eigenvalue weighted by atomic mass is 19.1. The Balaban J connectivity index is 1.74. The largest absolute Gasteiger partial charge is 0.478 e. The summed E-state index contributed by atoms with van der Waals surface area (Å²) >= 11 is 0. The Bertz CT molecular complexity index is 641. The van der Waals surface area contributed by atoms with Gasteiger partial charge in [-0.05, 0) is 25.0 Å². The minimum Gasteiger partial charge on any atom is -0.478 e. The summed E-state index contributed by atoms with van der Waals surface area (Å²) in [6, 6.07) is 1.63. The highest BCUT2D eigenvalue weighted by molar-refractivity contribution is 5.88. The number of nitrogens with zero attached hydrogens (tertiary/aromatic N) is 3. The van der Waals surface area contributed by atoms with Crippen LogP contribution in [0.25, 0.3) is 0 Å². The SMILES string of the molecule is O=C(O)c1cc(F)c(N2CCCN(C(=O)N3CCC3)CC2)c(F)c1. The molecule has 2 aliphatic heterocycles. The Morgan fingerprint density at radius 1 is 0.875 bits per heavy atom. The molecule has 1 aromatic rings. The molecule has 2 saturated heterocycles. The van der Waals surface area contributed by atoms with E-state index >= 15 is 0 Å². The molecule has 0 spiro atoms. The van der Waals surface area contributed by atoms with Crippen LogP contribution >= 0.6 is 0 Å². The van der Waals surface area contributed by atoms with Gasteiger partial charge in [0.1, 0.15) is 17.3 Å². The van der Waals surface area contributed by atoms with E-state index in [1.54, 1.807) is 14.7 Å². The minimum absolute atomic E-state index is 0.0229. The average molecular weight is 339 g/mol. The number of carbonyl (C=O) groups excluding carboxylic acids is 1. The van der Waals surface area contributed by atoms with Crippen molar-refractivity contribution >= 4 is 17.7 Å². The van der Waals surface area contributed by atoms with Gasteiger partial charge in [-0.3, -0.25) is 0 Å².